The number of phenols is 1. The molecule has 0 atom stereocenters. The Morgan fingerprint density at radius 3 is 2.76 bits per heavy atom. The third-order valence-corrected chi connectivity index (χ3v) is 6.24. The van der Waals surface area contributed by atoms with Crippen molar-refractivity contribution in [2.75, 3.05) is 18.7 Å². The van der Waals surface area contributed by atoms with E-state index in [2.05, 4.69) is 5.32 Å². The highest BCUT2D eigenvalue weighted by Crippen LogP contribution is 2.36. The minimum atomic E-state index is -1.30. The van der Waals surface area contributed by atoms with Crippen molar-refractivity contribution >= 4 is 57.8 Å². The van der Waals surface area contributed by atoms with Crippen LogP contribution in [-0.4, -0.2) is 50.6 Å². The molecule has 0 radical (unpaired) electrons. The lowest BCUT2D eigenvalue weighted by Gasteiger charge is -2.14. The maximum atomic E-state index is 12.8. The summed E-state index contributed by atoms with van der Waals surface area (Å²) >= 11 is 6.52. The molecule has 2 heterocycles. The highest BCUT2D eigenvalue weighted by Gasteiger charge is 2.31. The Morgan fingerprint density at radius 2 is 1.97 bits per heavy atom. The summed E-state index contributed by atoms with van der Waals surface area (Å²) in [5.74, 6) is -0.986. The van der Waals surface area contributed by atoms with E-state index in [0.29, 0.717) is 27.1 Å². The number of nitrogens with zero attached hydrogens (tertiary/aromatic N) is 1. The number of anilines is 1. The monoisotopic (exact) mass is 486 g/mol. The molecular formula is C22H18N2O7S2. The van der Waals surface area contributed by atoms with Gasteiger partial charge >= 0.3 is 5.97 Å². The first kappa shape index (κ1) is 22.6. The highest BCUT2D eigenvalue weighted by atomic mass is 32.2. The largest absolute Gasteiger partial charge is 0.507 e. The zero-order chi connectivity index (χ0) is 23.5. The molecule has 9 nitrogen and oxygen atoms in total. The molecule has 0 bridgehead atoms. The van der Waals surface area contributed by atoms with Crippen LogP contribution in [0, 0.1) is 0 Å². The van der Waals surface area contributed by atoms with E-state index in [1.165, 1.54) is 34.9 Å². The van der Waals surface area contributed by atoms with Gasteiger partial charge in [-0.1, -0.05) is 30.0 Å². The van der Waals surface area contributed by atoms with E-state index in [1.54, 1.807) is 18.2 Å². The summed E-state index contributed by atoms with van der Waals surface area (Å²) < 4.78 is 11.1. The molecule has 33 heavy (non-hydrogen) atoms. The molecule has 0 unspecified atom stereocenters. The van der Waals surface area contributed by atoms with Crippen molar-refractivity contribution < 1.29 is 34.1 Å². The summed E-state index contributed by atoms with van der Waals surface area (Å²) in [6.07, 6.45) is 2.19. The van der Waals surface area contributed by atoms with Gasteiger partial charge in [-0.3, -0.25) is 14.5 Å². The fourth-order valence-electron chi connectivity index (χ4n) is 3.25. The maximum absolute atomic E-state index is 12.8. The number of carboxylic acid groups (broad SMARTS) is 1. The van der Waals surface area contributed by atoms with Crippen molar-refractivity contribution in [2.45, 2.75) is 12.8 Å². The number of aromatic carboxylic acids is 1. The third kappa shape index (κ3) is 5.10. The number of fused-ring (bicyclic) bond motifs is 1. The molecule has 11 heteroatoms. The number of amides is 2. The average molecular weight is 487 g/mol. The molecule has 0 aliphatic carbocycles. The van der Waals surface area contributed by atoms with Crippen LogP contribution in [-0.2, 0) is 9.59 Å². The van der Waals surface area contributed by atoms with Gasteiger partial charge in [0.15, 0.2) is 11.5 Å². The number of nitrogens with one attached hydrogen (secondary N) is 1. The number of carboxylic acids is 1. The Morgan fingerprint density at radius 1 is 1.18 bits per heavy atom. The number of carbonyl (C=O) groups is 3. The van der Waals surface area contributed by atoms with E-state index in [4.69, 9.17) is 26.8 Å². The smallest absolute Gasteiger partial charge is 0.339 e. The first-order valence-electron chi connectivity index (χ1n) is 9.83. The molecule has 1 saturated heterocycles. The minimum Gasteiger partial charge on any atom is -0.507 e. The van der Waals surface area contributed by atoms with Gasteiger partial charge in [0.05, 0.1) is 4.91 Å². The van der Waals surface area contributed by atoms with Crippen LogP contribution < -0.4 is 14.8 Å². The van der Waals surface area contributed by atoms with Gasteiger partial charge in [-0.15, -0.1) is 0 Å². The molecule has 2 aliphatic heterocycles. The number of aromatic hydroxyl groups is 1. The second-order valence-electron chi connectivity index (χ2n) is 7.13. The molecule has 0 aromatic heterocycles. The Balaban J connectivity index is 1.32. The van der Waals surface area contributed by atoms with Gasteiger partial charge < -0.3 is 25.0 Å². The van der Waals surface area contributed by atoms with Crippen LogP contribution >= 0.6 is 24.0 Å². The van der Waals surface area contributed by atoms with Gasteiger partial charge in [-0.25, -0.2) is 4.79 Å². The van der Waals surface area contributed by atoms with Crippen molar-refractivity contribution in [2.24, 2.45) is 0 Å². The zero-order valence-corrected chi connectivity index (χ0v) is 18.7. The Hall–Kier alpha value is -3.57. The lowest BCUT2D eigenvalue weighted by atomic mass is 10.1. The number of benzene rings is 2. The van der Waals surface area contributed by atoms with Gasteiger partial charge in [-0.05, 0) is 48.4 Å². The van der Waals surface area contributed by atoms with Crippen LogP contribution in [0.5, 0.6) is 17.2 Å². The van der Waals surface area contributed by atoms with Crippen molar-refractivity contribution in [3.8, 4) is 17.2 Å². The van der Waals surface area contributed by atoms with Crippen LogP contribution in [0.2, 0.25) is 0 Å². The maximum Gasteiger partial charge on any atom is 0.339 e. The summed E-state index contributed by atoms with van der Waals surface area (Å²) in [5, 5.41) is 21.2. The second kappa shape index (κ2) is 9.51. The average Bonchev–Trinajstić information content (AvgIpc) is 3.34. The molecule has 4 rings (SSSR count). The van der Waals surface area contributed by atoms with Gasteiger partial charge in [0, 0.05) is 18.7 Å². The van der Waals surface area contributed by atoms with Gasteiger partial charge in [0.1, 0.15) is 15.6 Å². The fourth-order valence-corrected chi connectivity index (χ4v) is 4.56. The first-order chi connectivity index (χ1) is 15.8. The van der Waals surface area contributed by atoms with Crippen molar-refractivity contribution in [3.05, 3.63) is 52.4 Å². The summed E-state index contributed by atoms with van der Waals surface area (Å²) in [7, 11) is 0. The van der Waals surface area contributed by atoms with Crippen molar-refractivity contribution in [1.82, 2.24) is 4.90 Å². The predicted molar refractivity (Wildman–Crippen MR) is 125 cm³/mol. The highest BCUT2D eigenvalue weighted by molar-refractivity contribution is 8.26. The molecule has 170 valence electrons. The number of rotatable bonds is 7. The van der Waals surface area contributed by atoms with Crippen LogP contribution in [0.25, 0.3) is 6.08 Å². The van der Waals surface area contributed by atoms with Crippen molar-refractivity contribution in [3.63, 3.8) is 0 Å². The van der Waals surface area contributed by atoms with Gasteiger partial charge in [-0.2, -0.15) is 0 Å². The number of thiocarbonyl (C=S) groups is 1. The number of ether oxygens (including phenoxy) is 2. The molecular weight excluding hydrogens is 468 g/mol. The van der Waals surface area contributed by atoms with Crippen molar-refractivity contribution in [1.29, 1.82) is 0 Å². The standard InChI is InChI=1S/C22H18N2O7S2/c25-15-5-4-13(10-14(15)21(28)29)23-19(26)2-1-7-24-20(27)18(33-22(24)32)9-12-3-6-16-17(8-12)31-11-30-16/h3-6,8-10,25H,1-2,7,11H2,(H,23,26)(H,28,29)/b18-9+. The van der Waals surface area contributed by atoms with E-state index in [-0.39, 0.29) is 48.6 Å². The lowest BCUT2D eigenvalue weighted by Crippen LogP contribution is -2.29. The molecule has 2 aromatic carbocycles. The molecule has 1 fully saturated rings. The predicted octanol–water partition coefficient (Wildman–Crippen LogP) is 3.44. The van der Waals surface area contributed by atoms with Crippen LogP contribution in [0.15, 0.2) is 41.3 Å². The molecule has 0 saturated carbocycles. The number of thioether (sulfide) groups is 1. The second-order valence-corrected chi connectivity index (χ2v) is 8.81. The van der Waals surface area contributed by atoms with Gasteiger partial charge in [0.25, 0.3) is 5.91 Å². The topological polar surface area (TPSA) is 125 Å². The first-order valence-corrected chi connectivity index (χ1v) is 11.1. The van der Waals surface area contributed by atoms with E-state index in [0.717, 1.165) is 5.56 Å². The number of hydrogen-bond donors (Lipinski definition) is 3. The molecule has 2 aromatic rings. The molecule has 0 spiro atoms. The Kier molecular flexibility index (Phi) is 6.52. The normalized spacial score (nSPS) is 15.9. The SMILES string of the molecule is O=C(CCCN1C(=O)/C(=C\c2ccc3c(c2)OCO3)SC1=S)Nc1ccc(O)c(C(=O)O)c1. The summed E-state index contributed by atoms with van der Waals surface area (Å²) in [6, 6.07) is 9.18. The number of carbonyl (C=O) groups excluding carboxylic acids is 2. The van der Waals surface area contributed by atoms with E-state index in [1.807, 2.05) is 6.07 Å². The summed E-state index contributed by atoms with van der Waals surface area (Å²) in [4.78, 5) is 38.0. The zero-order valence-electron chi connectivity index (χ0n) is 17.1. The summed E-state index contributed by atoms with van der Waals surface area (Å²) in [5.41, 5.74) is 0.737. The quantitative estimate of drug-likeness (QED) is 0.307. The van der Waals surface area contributed by atoms with Crippen LogP contribution in [0.1, 0.15) is 28.8 Å². The minimum absolute atomic E-state index is 0.0988. The Bertz CT molecular complexity index is 1200. The molecule has 3 N–H and O–H groups in total. The summed E-state index contributed by atoms with van der Waals surface area (Å²) in [6.45, 7) is 0.439. The fraction of sp³-hybridized carbons (Fsp3) is 0.182. The van der Waals surface area contributed by atoms with Crippen LogP contribution in [0.3, 0.4) is 0 Å². The molecule has 2 amide bonds. The molecule has 2 aliphatic rings. The number of hydrogen-bond acceptors (Lipinski definition) is 8. The van der Waals surface area contributed by atoms with E-state index >= 15 is 0 Å². The third-order valence-electron chi connectivity index (χ3n) is 4.86. The Labute approximate surface area is 198 Å². The lowest BCUT2D eigenvalue weighted by molar-refractivity contribution is -0.122. The van der Waals surface area contributed by atoms with E-state index in [9.17, 15) is 19.5 Å². The van der Waals surface area contributed by atoms with Crippen LogP contribution in [0.4, 0.5) is 5.69 Å². The van der Waals surface area contributed by atoms with E-state index < -0.39 is 5.97 Å². The van der Waals surface area contributed by atoms with Gasteiger partial charge in [0.2, 0.25) is 12.7 Å².